The Morgan fingerprint density at radius 2 is 2.08 bits per heavy atom. The number of rotatable bonds is 3. The van der Waals surface area contributed by atoms with Gasteiger partial charge in [-0.3, -0.25) is 4.79 Å². The molecule has 0 bridgehead atoms. The van der Waals surface area contributed by atoms with E-state index >= 15 is 0 Å². The summed E-state index contributed by atoms with van der Waals surface area (Å²) in [6.07, 6.45) is 11.5. The molecule has 0 aromatic rings. The van der Waals surface area contributed by atoms with Gasteiger partial charge in [-0.1, -0.05) is 77.4 Å². The monoisotopic (exact) mass is 508 g/mol. The summed E-state index contributed by atoms with van der Waals surface area (Å²) in [4.78, 5) is 11.7. The fourth-order valence-electron chi connectivity index (χ4n) is 5.97. The molecule has 0 amide bonds. The normalized spacial score (nSPS) is 45.0. The molecule has 2 unspecified atom stereocenters. The van der Waals surface area contributed by atoms with Gasteiger partial charge in [0.05, 0.1) is 6.61 Å². The van der Waals surface area contributed by atoms with E-state index in [4.69, 9.17) is 4.74 Å². The molecule has 3 aliphatic carbocycles. The van der Waals surface area contributed by atoms with Crippen molar-refractivity contribution in [3.8, 4) is 0 Å². The molecular weight excluding hydrogens is 479 g/mol. The van der Waals surface area contributed by atoms with Crippen LogP contribution in [0.15, 0.2) is 11.6 Å². The van der Waals surface area contributed by atoms with Gasteiger partial charge in [-0.05, 0) is 55.8 Å². The minimum atomic E-state index is -0.130. The van der Waals surface area contributed by atoms with E-state index in [2.05, 4.69) is 65.4 Å². The lowest BCUT2D eigenvalue weighted by molar-refractivity contribution is -0.149. The highest BCUT2D eigenvalue weighted by Gasteiger charge is 2.55. The molecule has 0 heterocycles. The second-order valence-corrected chi connectivity index (χ2v) is 12.2. The van der Waals surface area contributed by atoms with E-state index in [1.54, 1.807) is 5.57 Å². The zero-order valence-corrected chi connectivity index (χ0v) is 18.9. The van der Waals surface area contributed by atoms with Gasteiger partial charge >= 0.3 is 5.97 Å². The third kappa shape index (κ3) is 3.47. The highest BCUT2D eigenvalue weighted by molar-refractivity contribution is 14.1. The first kappa shape index (κ1) is 19.2. The fourth-order valence-corrected chi connectivity index (χ4v) is 6.88. The van der Waals surface area contributed by atoms with Crippen LogP contribution in [0.4, 0.5) is 0 Å². The van der Waals surface area contributed by atoms with Crippen molar-refractivity contribution in [3.63, 3.8) is 0 Å². The van der Waals surface area contributed by atoms with Crippen LogP contribution in [0.3, 0.4) is 0 Å². The molecule has 0 aromatic carbocycles. The van der Waals surface area contributed by atoms with Crippen molar-refractivity contribution in [2.75, 3.05) is 11.9 Å². The molecule has 4 heteroatoms. The van der Waals surface area contributed by atoms with Crippen LogP contribution in [0.25, 0.3) is 0 Å². The fraction of sp³-hybridized carbons (Fsp3) is 0.850. The standard InChI is InChI=1S/C20H30BrIO2/c1-18(13-24-17(23)12-21)8-4-9-20(3)15-7-10-19(2,22)11-14(15)5-6-16(18)20/h7,14,16H,4-6,8-13H2,1-3H3/t14?,16?,18-,19-,20-/m0/s1. The summed E-state index contributed by atoms with van der Waals surface area (Å²) in [5.74, 6) is 1.28. The molecule has 0 aliphatic heterocycles. The minimum Gasteiger partial charge on any atom is -0.464 e. The highest BCUT2D eigenvalue weighted by atomic mass is 127. The average Bonchev–Trinajstić information content (AvgIpc) is 2.51. The van der Waals surface area contributed by atoms with Crippen molar-refractivity contribution in [2.45, 2.75) is 69.1 Å². The van der Waals surface area contributed by atoms with Crippen LogP contribution >= 0.6 is 38.5 Å². The third-order valence-electron chi connectivity index (χ3n) is 7.05. The van der Waals surface area contributed by atoms with Crippen LogP contribution < -0.4 is 0 Å². The maximum atomic E-state index is 11.7. The molecule has 2 nitrogen and oxygen atoms in total. The summed E-state index contributed by atoms with van der Waals surface area (Å²) < 4.78 is 6.02. The average molecular weight is 509 g/mol. The van der Waals surface area contributed by atoms with Gasteiger partial charge in [-0.2, -0.15) is 0 Å². The molecule has 0 spiro atoms. The number of carbonyl (C=O) groups is 1. The Bertz CT molecular complexity index is 544. The topological polar surface area (TPSA) is 26.3 Å². The molecule has 0 radical (unpaired) electrons. The Morgan fingerprint density at radius 1 is 1.33 bits per heavy atom. The number of halogens is 2. The van der Waals surface area contributed by atoms with Crippen molar-refractivity contribution in [3.05, 3.63) is 11.6 Å². The van der Waals surface area contributed by atoms with Crippen molar-refractivity contribution in [1.82, 2.24) is 0 Å². The molecule has 0 aromatic heterocycles. The Balaban J connectivity index is 1.85. The van der Waals surface area contributed by atoms with Crippen molar-refractivity contribution < 1.29 is 9.53 Å². The van der Waals surface area contributed by atoms with Crippen LogP contribution in [-0.2, 0) is 9.53 Å². The molecule has 2 saturated carbocycles. The van der Waals surface area contributed by atoms with Gasteiger partial charge in [-0.25, -0.2) is 0 Å². The number of fused-ring (bicyclic) bond motifs is 3. The number of hydrogen-bond acceptors (Lipinski definition) is 2. The third-order valence-corrected chi connectivity index (χ3v) is 8.39. The summed E-state index contributed by atoms with van der Waals surface area (Å²) >= 11 is 5.87. The van der Waals surface area contributed by atoms with Gasteiger partial charge in [0.15, 0.2) is 0 Å². The van der Waals surface area contributed by atoms with E-state index in [0.29, 0.717) is 26.7 Å². The van der Waals surface area contributed by atoms with E-state index < -0.39 is 0 Å². The Hall–Kier alpha value is 0.420. The lowest BCUT2D eigenvalue weighted by Crippen LogP contribution is -2.51. The zero-order valence-electron chi connectivity index (χ0n) is 15.2. The van der Waals surface area contributed by atoms with Gasteiger partial charge in [-0.15, -0.1) is 0 Å². The summed E-state index contributed by atoms with van der Waals surface area (Å²) in [6, 6.07) is 0. The predicted molar refractivity (Wildman–Crippen MR) is 111 cm³/mol. The number of hydrogen-bond donors (Lipinski definition) is 0. The molecular formula is C20H30BrIO2. The zero-order chi connectivity index (χ0) is 17.6. The van der Waals surface area contributed by atoms with Crippen molar-refractivity contribution >= 4 is 44.5 Å². The molecule has 3 aliphatic rings. The van der Waals surface area contributed by atoms with Crippen LogP contribution in [0.5, 0.6) is 0 Å². The second kappa shape index (κ2) is 6.86. The number of carbonyl (C=O) groups excluding carboxylic acids is 1. The van der Waals surface area contributed by atoms with E-state index in [9.17, 15) is 4.79 Å². The number of alkyl halides is 2. The van der Waals surface area contributed by atoms with E-state index in [1.165, 1.54) is 44.9 Å². The Labute approximate surface area is 168 Å². The summed E-state index contributed by atoms with van der Waals surface area (Å²) in [7, 11) is 0. The quantitative estimate of drug-likeness (QED) is 0.200. The van der Waals surface area contributed by atoms with Crippen LogP contribution in [0, 0.1) is 22.7 Å². The lowest BCUT2D eigenvalue weighted by Gasteiger charge is -2.59. The van der Waals surface area contributed by atoms with E-state index in [0.717, 1.165) is 5.92 Å². The van der Waals surface area contributed by atoms with E-state index in [-0.39, 0.29) is 11.4 Å². The summed E-state index contributed by atoms with van der Waals surface area (Å²) in [6.45, 7) is 7.86. The smallest absolute Gasteiger partial charge is 0.316 e. The SMILES string of the molecule is C[C@]1(I)CC=C2C(CCC3[C@](C)(COC(=O)CBr)CCC[C@@]23C)C1. The lowest BCUT2D eigenvalue weighted by atomic mass is 9.47. The molecule has 2 fully saturated rings. The molecule has 0 saturated heterocycles. The largest absolute Gasteiger partial charge is 0.464 e. The molecule has 5 atom stereocenters. The van der Waals surface area contributed by atoms with E-state index in [1.807, 2.05) is 0 Å². The molecule has 0 N–H and O–H groups in total. The Morgan fingerprint density at radius 3 is 2.79 bits per heavy atom. The van der Waals surface area contributed by atoms with Gasteiger partial charge in [0.2, 0.25) is 0 Å². The van der Waals surface area contributed by atoms with Gasteiger partial charge in [0.25, 0.3) is 0 Å². The predicted octanol–water partition coefficient (Wildman–Crippen LogP) is 6.06. The summed E-state index contributed by atoms with van der Waals surface area (Å²) in [5.41, 5.74) is 2.18. The molecule has 24 heavy (non-hydrogen) atoms. The second-order valence-electron chi connectivity index (χ2n) is 9.03. The number of ether oxygens (including phenoxy) is 1. The van der Waals surface area contributed by atoms with Gasteiger partial charge < -0.3 is 4.74 Å². The minimum absolute atomic E-state index is 0.127. The summed E-state index contributed by atoms with van der Waals surface area (Å²) in [5, 5.41) is 0.298. The van der Waals surface area contributed by atoms with Crippen LogP contribution in [0.2, 0.25) is 0 Å². The number of allylic oxidation sites excluding steroid dienone is 2. The maximum absolute atomic E-state index is 11.7. The first-order valence-electron chi connectivity index (χ1n) is 9.31. The van der Waals surface area contributed by atoms with Crippen LogP contribution in [-0.4, -0.2) is 21.3 Å². The first-order valence-corrected chi connectivity index (χ1v) is 11.5. The molecule has 3 rings (SSSR count). The molecule has 136 valence electrons. The maximum Gasteiger partial charge on any atom is 0.316 e. The van der Waals surface area contributed by atoms with Crippen LogP contribution in [0.1, 0.15) is 65.7 Å². The highest BCUT2D eigenvalue weighted by Crippen LogP contribution is 2.63. The number of esters is 1. The Kier molecular flexibility index (Phi) is 5.49. The first-order chi connectivity index (χ1) is 11.2. The van der Waals surface area contributed by atoms with Gasteiger partial charge in [0, 0.05) is 8.84 Å². The van der Waals surface area contributed by atoms with Crippen molar-refractivity contribution in [1.29, 1.82) is 0 Å². The van der Waals surface area contributed by atoms with Gasteiger partial charge in [0.1, 0.15) is 5.33 Å². The van der Waals surface area contributed by atoms with Crippen molar-refractivity contribution in [2.24, 2.45) is 22.7 Å².